The molecule has 3 aromatic rings. The number of aryl methyl sites for hydroxylation is 1. The molecule has 1 amide bonds. The van der Waals surface area contributed by atoms with Crippen LogP contribution in [0, 0.1) is 6.92 Å². The number of benzene rings is 2. The van der Waals surface area contributed by atoms with Crippen molar-refractivity contribution in [1.29, 1.82) is 0 Å². The number of ether oxygens (including phenoxy) is 2. The molecule has 1 aliphatic heterocycles. The van der Waals surface area contributed by atoms with Gasteiger partial charge in [0.15, 0.2) is 17.3 Å². The first-order valence-corrected chi connectivity index (χ1v) is 11.8. The van der Waals surface area contributed by atoms with E-state index in [9.17, 15) is 4.79 Å². The summed E-state index contributed by atoms with van der Waals surface area (Å²) in [6, 6.07) is 13.4. The zero-order valence-corrected chi connectivity index (χ0v) is 19.7. The summed E-state index contributed by atoms with van der Waals surface area (Å²) in [5.41, 5.74) is 3.33. The normalized spacial score (nSPS) is 13.9. The third kappa shape index (κ3) is 5.18. The SMILES string of the molecule is CCCCOc1ccc(C(=O)N2CCN(c3nc4ccccc4nc3C)CC2)cc1OCC. The van der Waals surface area contributed by atoms with E-state index >= 15 is 0 Å². The Kier molecular flexibility index (Phi) is 7.27. The summed E-state index contributed by atoms with van der Waals surface area (Å²) >= 11 is 0. The van der Waals surface area contributed by atoms with Crippen LogP contribution in [0.25, 0.3) is 11.0 Å². The maximum absolute atomic E-state index is 13.2. The highest BCUT2D eigenvalue weighted by Crippen LogP contribution is 2.30. The van der Waals surface area contributed by atoms with Crippen molar-refractivity contribution in [2.45, 2.75) is 33.6 Å². The van der Waals surface area contributed by atoms with Crippen LogP contribution in [0.15, 0.2) is 42.5 Å². The quantitative estimate of drug-likeness (QED) is 0.474. The van der Waals surface area contributed by atoms with Crippen LogP contribution in [0.4, 0.5) is 5.82 Å². The molecule has 1 aliphatic rings. The van der Waals surface area contributed by atoms with Gasteiger partial charge in [-0.1, -0.05) is 25.5 Å². The van der Waals surface area contributed by atoms with Crippen molar-refractivity contribution in [3.05, 3.63) is 53.7 Å². The third-order valence-electron chi connectivity index (χ3n) is 5.83. The Morgan fingerprint density at radius 2 is 1.67 bits per heavy atom. The fourth-order valence-corrected chi connectivity index (χ4v) is 4.04. The highest BCUT2D eigenvalue weighted by Gasteiger charge is 2.25. The van der Waals surface area contributed by atoms with Gasteiger partial charge in [0.1, 0.15) is 0 Å². The maximum Gasteiger partial charge on any atom is 0.254 e. The zero-order chi connectivity index (χ0) is 23.2. The Bertz CT molecular complexity index is 1110. The zero-order valence-electron chi connectivity index (χ0n) is 19.7. The fraction of sp³-hybridized carbons (Fsp3) is 0.423. The second-order valence-electron chi connectivity index (χ2n) is 8.20. The van der Waals surface area contributed by atoms with Crippen molar-refractivity contribution in [3.63, 3.8) is 0 Å². The molecule has 0 saturated carbocycles. The monoisotopic (exact) mass is 448 g/mol. The minimum atomic E-state index is 0.0111. The van der Waals surface area contributed by atoms with Crippen LogP contribution >= 0.6 is 0 Å². The second-order valence-corrected chi connectivity index (χ2v) is 8.20. The Labute approximate surface area is 195 Å². The van der Waals surface area contributed by atoms with E-state index in [0.29, 0.717) is 43.4 Å². The summed E-state index contributed by atoms with van der Waals surface area (Å²) in [6.45, 7) is 9.91. The van der Waals surface area contributed by atoms with Gasteiger partial charge in [-0.05, 0) is 50.6 Å². The molecule has 4 rings (SSSR count). The molecule has 33 heavy (non-hydrogen) atoms. The molecule has 0 spiro atoms. The molecule has 0 radical (unpaired) electrons. The van der Waals surface area contributed by atoms with Gasteiger partial charge in [-0.2, -0.15) is 0 Å². The van der Waals surface area contributed by atoms with Crippen molar-refractivity contribution in [3.8, 4) is 11.5 Å². The van der Waals surface area contributed by atoms with Crippen LogP contribution in [0.5, 0.6) is 11.5 Å². The van der Waals surface area contributed by atoms with E-state index in [4.69, 9.17) is 19.4 Å². The lowest BCUT2D eigenvalue weighted by Crippen LogP contribution is -2.49. The van der Waals surface area contributed by atoms with Gasteiger partial charge in [-0.3, -0.25) is 4.79 Å². The van der Waals surface area contributed by atoms with E-state index in [1.54, 1.807) is 6.07 Å². The molecule has 0 atom stereocenters. The Hall–Kier alpha value is -3.35. The predicted octanol–water partition coefficient (Wildman–Crippen LogP) is 4.48. The number of para-hydroxylation sites is 2. The number of unbranched alkanes of at least 4 members (excludes halogenated alkanes) is 1. The molecule has 1 aromatic heterocycles. The van der Waals surface area contributed by atoms with Crippen LogP contribution in [-0.4, -0.2) is 60.2 Å². The Morgan fingerprint density at radius 3 is 2.36 bits per heavy atom. The van der Waals surface area contributed by atoms with E-state index < -0.39 is 0 Å². The molecule has 7 nitrogen and oxygen atoms in total. The first kappa shape index (κ1) is 22.8. The number of carbonyl (C=O) groups excluding carboxylic acids is 1. The summed E-state index contributed by atoms with van der Waals surface area (Å²) in [6.07, 6.45) is 2.05. The van der Waals surface area contributed by atoms with Gasteiger partial charge < -0.3 is 19.3 Å². The lowest BCUT2D eigenvalue weighted by Gasteiger charge is -2.36. The van der Waals surface area contributed by atoms with Gasteiger partial charge in [-0.25, -0.2) is 9.97 Å². The molecule has 0 bridgehead atoms. The first-order chi connectivity index (χ1) is 16.1. The number of aromatic nitrogens is 2. The lowest BCUT2D eigenvalue weighted by molar-refractivity contribution is 0.0746. The Morgan fingerprint density at radius 1 is 0.939 bits per heavy atom. The smallest absolute Gasteiger partial charge is 0.254 e. The molecule has 1 fully saturated rings. The molecule has 0 aliphatic carbocycles. The Balaban J connectivity index is 1.44. The van der Waals surface area contributed by atoms with Crippen molar-refractivity contribution in [2.75, 3.05) is 44.3 Å². The lowest BCUT2D eigenvalue weighted by atomic mass is 10.1. The van der Waals surface area contributed by atoms with Crippen molar-refractivity contribution in [1.82, 2.24) is 14.9 Å². The standard InChI is InChI=1S/C26H32N4O3/c1-4-6-17-33-23-12-11-20(18-24(23)32-5-2)26(31)30-15-13-29(14-16-30)25-19(3)27-21-9-7-8-10-22(21)28-25/h7-12,18H,4-6,13-17H2,1-3H3. The molecule has 0 N–H and O–H groups in total. The third-order valence-corrected chi connectivity index (χ3v) is 5.83. The van der Waals surface area contributed by atoms with E-state index in [0.717, 1.165) is 48.5 Å². The minimum absolute atomic E-state index is 0.0111. The van der Waals surface area contributed by atoms with Crippen LogP contribution < -0.4 is 14.4 Å². The summed E-state index contributed by atoms with van der Waals surface area (Å²) in [5.74, 6) is 2.22. The number of nitrogens with zero attached hydrogens (tertiary/aromatic N) is 4. The van der Waals surface area contributed by atoms with E-state index in [1.165, 1.54) is 0 Å². The van der Waals surface area contributed by atoms with Gasteiger partial charge in [0.05, 0.1) is 29.9 Å². The summed E-state index contributed by atoms with van der Waals surface area (Å²) in [5, 5.41) is 0. The first-order valence-electron chi connectivity index (χ1n) is 11.8. The number of amides is 1. The number of hydrogen-bond donors (Lipinski definition) is 0. The van der Waals surface area contributed by atoms with Crippen molar-refractivity contribution >= 4 is 22.8 Å². The van der Waals surface area contributed by atoms with Gasteiger partial charge in [-0.15, -0.1) is 0 Å². The fourth-order valence-electron chi connectivity index (χ4n) is 4.04. The number of rotatable bonds is 8. The van der Waals surface area contributed by atoms with E-state index in [2.05, 4.69) is 11.8 Å². The number of piperazine rings is 1. The van der Waals surface area contributed by atoms with Crippen LogP contribution in [0.3, 0.4) is 0 Å². The largest absolute Gasteiger partial charge is 0.490 e. The van der Waals surface area contributed by atoms with Crippen molar-refractivity contribution < 1.29 is 14.3 Å². The highest BCUT2D eigenvalue weighted by molar-refractivity contribution is 5.95. The molecule has 0 unspecified atom stereocenters. The number of carbonyl (C=O) groups is 1. The molecule has 1 saturated heterocycles. The number of fused-ring (bicyclic) bond motifs is 1. The molecule has 174 valence electrons. The van der Waals surface area contributed by atoms with Gasteiger partial charge in [0.25, 0.3) is 5.91 Å². The molecular weight excluding hydrogens is 416 g/mol. The number of hydrogen-bond acceptors (Lipinski definition) is 6. The summed E-state index contributed by atoms with van der Waals surface area (Å²) in [7, 11) is 0. The number of anilines is 1. The van der Waals surface area contributed by atoms with Crippen molar-refractivity contribution in [2.24, 2.45) is 0 Å². The predicted molar refractivity (Wildman–Crippen MR) is 130 cm³/mol. The maximum atomic E-state index is 13.2. The molecule has 7 heteroatoms. The summed E-state index contributed by atoms with van der Waals surface area (Å²) in [4.78, 5) is 26.8. The minimum Gasteiger partial charge on any atom is -0.490 e. The van der Waals surface area contributed by atoms with Gasteiger partial charge >= 0.3 is 0 Å². The van der Waals surface area contributed by atoms with E-state index in [1.807, 2.05) is 55.1 Å². The molecular formula is C26H32N4O3. The van der Waals surface area contributed by atoms with Gasteiger partial charge in [0.2, 0.25) is 0 Å². The van der Waals surface area contributed by atoms with Crippen LogP contribution in [-0.2, 0) is 0 Å². The second kappa shape index (κ2) is 10.5. The molecule has 2 aromatic carbocycles. The highest BCUT2D eigenvalue weighted by atomic mass is 16.5. The summed E-state index contributed by atoms with van der Waals surface area (Å²) < 4.78 is 11.6. The van der Waals surface area contributed by atoms with Gasteiger partial charge in [0, 0.05) is 31.7 Å². The average molecular weight is 449 g/mol. The van der Waals surface area contributed by atoms with Crippen LogP contribution in [0.2, 0.25) is 0 Å². The van der Waals surface area contributed by atoms with Crippen LogP contribution in [0.1, 0.15) is 42.7 Å². The average Bonchev–Trinajstić information content (AvgIpc) is 2.84. The topological polar surface area (TPSA) is 67.8 Å². The van der Waals surface area contributed by atoms with E-state index in [-0.39, 0.29) is 5.91 Å². The molecule has 2 heterocycles.